The molecule has 1 fully saturated rings. The van der Waals surface area contributed by atoms with Gasteiger partial charge in [-0.05, 0) is 54.7 Å². The Morgan fingerprint density at radius 1 is 1.17 bits per heavy atom. The Labute approximate surface area is 148 Å². The third-order valence-corrected chi connectivity index (χ3v) is 4.60. The summed E-state index contributed by atoms with van der Waals surface area (Å²) in [4.78, 5) is 12.7. The summed E-state index contributed by atoms with van der Waals surface area (Å²) in [5.74, 6) is 1.30. The number of anilines is 1. The lowest BCUT2D eigenvalue weighted by molar-refractivity contribution is -0.118. The monoisotopic (exact) mass is 343 g/mol. The number of ether oxygens (including phenoxy) is 1. The van der Waals surface area contributed by atoms with Crippen LogP contribution in [-0.4, -0.2) is 12.5 Å². The molecule has 1 N–H and O–H groups in total. The fraction of sp³-hybridized carbons (Fsp3) is 0.350. The molecule has 0 radical (unpaired) electrons. The van der Waals surface area contributed by atoms with Crippen LogP contribution in [0.15, 0.2) is 48.5 Å². The molecule has 24 heavy (non-hydrogen) atoms. The molecule has 0 unspecified atom stereocenters. The number of carbonyl (C=O) groups is 1. The first kappa shape index (κ1) is 16.8. The van der Waals surface area contributed by atoms with Crippen molar-refractivity contribution in [3.05, 3.63) is 59.1 Å². The number of carbonyl (C=O) groups excluding carboxylic acids is 1. The second-order valence-electron chi connectivity index (χ2n) is 6.75. The molecule has 126 valence electrons. The Balaban J connectivity index is 1.68. The maximum atomic E-state index is 12.7. The van der Waals surface area contributed by atoms with Gasteiger partial charge < -0.3 is 10.1 Å². The van der Waals surface area contributed by atoms with Crippen molar-refractivity contribution in [2.75, 3.05) is 11.9 Å². The Morgan fingerprint density at radius 3 is 2.42 bits per heavy atom. The van der Waals surface area contributed by atoms with Crippen molar-refractivity contribution in [1.29, 1.82) is 0 Å². The van der Waals surface area contributed by atoms with Crippen molar-refractivity contribution >= 4 is 23.2 Å². The Bertz CT molecular complexity index is 721. The number of halogens is 1. The Hall–Kier alpha value is -2.00. The molecule has 0 heterocycles. The predicted octanol–water partition coefficient (Wildman–Crippen LogP) is 5.05. The van der Waals surface area contributed by atoms with Gasteiger partial charge in [0.1, 0.15) is 5.75 Å². The first-order valence-electron chi connectivity index (χ1n) is 8.30. The van der Waals surface area contributed by atoms with Crippen LogP contribution in [0.25, 0.3) is 0 Å². The second kappa shape index (κ2) is 6.86. The SMILES string of the molecule is CC(C)COc1ccc(NC(=O)C2(c3ccccc3Cl)CC2)cc1. The first-order chi connectivity index (χ1) is 11.5. The van der Waals surface area contributed by atoms with Crippen molar-refractivity contribution in [3.8, 4) is 5.75 Å². The lowest BCUT2D eigenvalue weighted by Gasteiger charge is -2.17. The van der Waals surface area contributed by atoms with E-state index in [4.69, 9.17) is 16.3 Å². The molecule has 0 spiro atoms. The third kappa shape index (κ3) is 3.57. The smallest absolute Gasteiger partial charge is 0.235 e. The van der Waals surface area contributed by atoms with Crippen molar-refractivity contribution in [2.24, 2.45) is 5.92 Å². The minimum atomic E-state index is -0.481. The fourth-order valence-electron chi connectivity index (χ4n) is 2.74. The van der Waals surface area contributed by atoms with Crippen LogP contribution in [0.5, 0.6) is 5.75 Å². The second-order valence-corrected chi connectivity index (χ2v) is 7.15. The molecule has 4 heteroatoms. The first-order valence-corrected chi connectivity index (χ1v) is 8.68. The van der Waals surface area contributed by atoms with Crippen molar-refractivity contribution in [1.82, 2.24) is 0 Å². The highest BCUT2D eigenvalue weighted by atomic mass is 35.5. The molecule has 1 aliphatic carbocycles. The summed E-state index contributed by atoms with van der Waals surface area (Å²) in [6.45, 7) is 4.90. The van der Waals surface area contributed by atoms with E-state index in [0.717, 1.165) is 29.8 Å². The van der Waals surface area contributed by atoms with E-state index >= 15 is 0 Å². The highest BCUT2D eigenvalue weighted by Gasteiger charge is 2.52. The van der Waals surface area contributed by atoms with Gasteiger partial charge in [0.05, 0.1) is 12.0 Å². The van der Waals surface area contributed by atoms with E-state index in [0.29, 0.717) is 17.5 Å². The van der Waals surface area contributed by atoms with Crippen LogP contribution in [0.2, 0.25) is 5.02 Å². The van der Waals surface area contributed by atoms with E-state index in [9.17, 15) is 4.79 Å². The minimum Gasteiger partial charge on any atom is -0.493 e. The van der Waals surface area contributed by atoms with Gasteiger partial charge in [-0.1, -0.05) is 43.6 Å². The largest absolute Gasteiger partial charge is 0.493 e. The number of hydrogen-bond donors (Lipinski definition) is 1. The number of amides is 1. The maximum Gasteiger partial charge on any atom is 0.235 e. The van der Waals surface area contributed by atoms with Crippen LogP contribution >= 0.6 is 11.6 Å². The minimum absolute atomic E-state index is 0.00597. The van der Waals surface area contributed by atoms with Gasteiger partial charge in [0.2, 0.25) is 5.91 Å². The summed E-state index contributed by atoms with van der Waals surface area (Å²) in [7, 11) is 0. The summed E-state index contributed by atoms with van der Waals surface area (Å²) in [6.07, 6.45) is 1.66. The number of benzene rings is 2. The van der Waals surface area contributed by atoms with E-state index in [1.165, 1.54) is 0 Å². The summed E-state index contributed by atoms with van der Waals surface area (Å²) < 4.78 is 5.66. The molecule has 1 amide bonds. The average Bonchev–Trinajstić information content (AvgIpc) is 3.36. The highest BCUT2D eigenvalue weighted by Crippen LogP contribution is 2.51. The molecule has 1 aliphatic rings. The van der Waals surface area contributed by atoms with E-state index in [1.54, 1.807) is 0 Å². The van der Waals surface area contributed by atoms with Gasteiger partial charge in [-0.2, -0.15) is 0 Å². The summed E-state index contributed by atoms with van der Waals surface area (Å²) in [5, 5.41) is 3.66. The lowest BCUT2D eigenvalue weighted by Crippen LogP contribution is -2.28. The predicted molar refractivity (Wildman–Crippen MR) is 97.8 cm³/mol. The molecule has 0 aromatic heterocycles. The lowest BCUT2D eigenvalue weighted by atomic mass is 9.95. The van der Waals surface area contributed by atoms with Crippen LogP contribution < -0.4 is 10.1 Å². The van der Waals surface area contributed by atoms with Crippen LogP contribution in [0.3, 0.4) is 0 Å². The van der Waals surface area contributed by atoms with Crippen LogP contribution in [-0.2, 0) is 10.2 Å². The Kier molecular flexibility index (Phi) is 4.81. The van der Waals surface area contributed by atoms with Gasteiger partial charge in [0.25, 0.3) is 0 Å². The number of rotatable bonds is 6. The molecule has 3 rings (SSSR count). The molecular weight excluding hydrogens is 322 g/mol. The molecule has 0 saturated heterocycles. The molecule has 2 aromatic rings. The van der Waals surface area contributed by atoms with Gasteiger partial charge in [0.15, 0.2) is 0 Å². The van der Waals surface area contributed by atoms with E-state index in [2.05, 4.69) is 19.2 Å². The van der Waals surface area contributed by atoms with Gasteiger partial charge in [-0.3, -0.25) is 4.79 Å². The quantitative estimate of drug-likeness (QED) is 0.797. The topological polar surface area (TPSA) is 38.3 Å². The normalized spacial score (nSPS) is 15.2. The van der Waals surface area contributed by atoms with Gasteiger partial charge >= 0.3 is 0 Å². The fourth-order valence-corrected chi connectivity index (χ4v) is 3.06. The van der Waals surface area contributed by atoms with Crippen molar-refractivity contribution in [2.45, 2.75) is 32.1 Å². The summed E-state index contributed by atoms with van der Waals surface area (Å²) in [5.41, 5.74) is 1.21. The van der Waals surface area contributed by atoms with E-state index in [-0.39, 0.29) is 5.91 Å². The molecule has 1 saturated carbocycles. The van der Waals surface area contributed by atoms with E-state index in [1.807, 2.05) is 48.5 Å². The zero-order chi connectivity index (χ0) is 17.2. The summed E-state index contributed by atoms with van der Waals surface area (Å²) >= 11 is 6.28. The molecule has 0 bridgehead atoms. The zero-order valence-electron chi connectivity index (χ0n) is 14.0. The van der Waals surface area contributed by atoms with Gasteiger partial charge in [0, 0.05) is 10.7 Å². The molecule has 0 atom stereocenters. The van der Waals surface area contributed by atoms with Crippen LogP contribution in [0.1, 0.15) is 32.3 Å². The van der Waals surface area contributed by atoms with Crippen molar-refractivity contribution < 1.29 is 9.53 Å². The molecular formula is C20H22ClNO2. The zero-order valence-corrected chi connectivity index (χ0v) is 14.8. The standard InChI is InChI=1S/C20H22ClNO2/c1-14(2)13-24-16-9-7-15(8-10-16)22-19(23)20(11-12-20)17-5-3-4-6-18(17)21/h3-10,14H,11-13H2,1-2H3,(H,22,23). The number of nitrogens with one attached hydrogen (secondary N) is 1. The maximum absolute atomic E-state index is 12.7. The van der Waals surface area contributed by atoms with Crippen LogP contribution in [0, 0.1) is 5.92 Å². The van der Waals surface area contributed by atoms with Gasteiger partial charge in [-0.15, -0.1) is 0 Å². The highest BCUT2D eigenvalue weighted by molar-refractivity contribution is 6.32. The molecule has 3 nitrogen and oxygen atoms in total. The molecule has 0 aliphatic heterocycles. The Morgan fingerprint density at radius 2 is 1.83 bits per heavy atom. The van der Waals surface area contributed by atoms with Crippen molar-refractivity contribution in [3.63, 3.8) is 0 Å². The van der Waals surface area contributed by atoms with Gasteiger partial charge in [-0.25, -0.2) is 0 Å². The summed E-state index contributed by atoms with van der Waals surface area (Å²) in [6, 6.07) is 15.1. The number of hydrogen-bond acceptors (Lipinski definition) is 2. The third-order valence-electron chi connectivity index (χ3n) is 4.27. The average molecular weight is 344 g/mol. The van der Waals surface area contributed by atoms with E-state index < -0.39 is 5.41 Å². The molecule has 2 aromatic carbocycles. The van der Waals surface area contributed by atoms with Crippen LogP contribution in [0.4, 0.5) is 5.69 Å².